The molecule has 0 bridgehead atoms. The molecule has 2 atom stereocenters. The molecule has 0 saturated heterocycles. The van der Waals surface area contributed by atoms with E-state index >= 15 is 0 Å². The second kappa shape index (κ2) is 6.08. The van der Waals surface area contributed by atoms with Gasteiger partial charge in [0.2, 0.25) is 0 Å². The number of rotatable bonds is 3. The van der Waals surface area contributed by atoms with Crippen molar-refractivity contribution in [2.24, 2.45) is 0 Å². The number of benzene rings is 2. The molecule has 3 rings (SSSR count). The Kier molecular flexibility index (Phi) is 4.20. The molecule has 104 valence electrons. The molecular weight excluding hydrogens is 316 g/mol. The van der Waals surface area contributed by atoms with Gasteiger partial charge in [-0.05, 0) is 35.2 Å². The van der Waals surface area contributed by atoms with E-state index in [1.165, 1.54) is 5.56 Å². The fourth-order valence-electron chi connectivity index (χ4n) is 2.71. The Morgan fingerprint density at radius 1 is 1.15 bits per heavy atom. The average Bonchev–Trinajstić information content (AvgIpc) is 2.49. The first kappa shape index (κ1) is 13.8. The largest absolute Gasteiger partial charge is 0.390 e. The molecule has 20 heavy (non-hydrogen) atoms. The second-order valence-electron chi connectivity index (χ2n) is 5.14. The van der Waals surface area contributed by atoms with E-state index in [2.05, 4.69) is 28.1 Å². The van der Waals surface area contributed by atoms with Crippen molar-refractivity contribution in [1.29, 1.82) is 0 Å². The lowest BCUT2D eigenvalue weighted by atomic mass is 9.92. The molecule has 0 fully saturated rings. The van der Waals surface area contributed by atoms with Crippen molar-refractivity contribution < 1.29 is 9.84 Å². The summed E-state index contributed by atoms with van der Waals surface area (Å²) in [6.45, 7) is 0.680. The molecule has 1 heterocycles. The highest BCUT2D eigenvalue weighted by Gasteiger charge is 2.27. The second-order valence-corrected chi connectivity index (χ2v) is 6.05. The topological polar surface area (TPSA) is 29.5 Å². The Morgan fingerprint density at radius 2 is 1.90 bits per heavy atom. The van der Waals surface area contributed by atoms with Crippen LogP contribution in [0, 0.1) is 0 Å². The number of fused-ring (bicyclic) bond motifs is 1. The highest BCUT2D eigenvalue weighted by atomic mass is 79.9. The normalized spacial score (nSPS) is 19.4. The third-order valence-corrected chi connectivity index (χ3v) is 4.27. The maximum absolute atomic E-state index is 10.5. The first-order valence-corrected chi connectivity index (χ1v) is 7.65. The van der Waals surface area contributed by atoms with E-state index in [0.29, 0.717) is 13.0 Å². The van der Waals surface area contributed by atoms with Gasteiger partial charge in [0.25, 0.3) is 0 Å². The first-order chi connectivity index (χ1) is 9.74. The minimum absolute atomic E-state index is 0.219. The predicted octanol–water partition coefficient (Wildman–Crippen LogP) is 3.67. The van der Waals surface area contributed by atoms with Crippen LogP contribution in [0.4, 0.5) is 0 Å². The van der Waals surface area contributed by atoms with Crippen molar-refractivity contribution in [2.75, 3.05) is 6.61 Å². The molecule has 0 aliphatic carbocycles. The summed E-state index contributed by atoms with van der Waals surface area (Å²) in [5.41, 5.74) is 3.54. The van der Waals surface area contributed by atoms with E-state index in [4.69, 9.17) is 4.74 Å². The van der Waals surface area contributed by atoms with Crippen molar-refractivity contribution in [2.45, 2.75) is 25.0 Å². The number of hydrogen-bond donors (Lipinski definition) is 1. The van der Waals surface area contributed by atoms with E-state index in [0.717, 1.165) is 22.0 Å². The standard InChI is InChI=1S/C17H17BrO2/c18-14-7-5-12(6-8-14)11-16(19)17-15-4-2-1-3-13(15)9-10-20-17/h1-8,16-17,19H,9-11H2. The SMILES string of the molecule is OC(Cc1ccc(Br)cc1)C1OCCc2ccccc21. The van der Waals surface area contributed by atoms with Gasteiger partial charge >= 0.3 is 0 Å². The molecule has 0 aromatic heterocycles. The Labute approximate surface area is 127 Å². The van der Waals surface area contributed by atoms with E-state index in [1.807, 2.05) is 36.4 Å². The molecule has 2 aromatic carbocycles. The van der Waals surface area contributed by atoms with Crippen molar-refractivity contribution in [3.05, 3.63) is 69.7 Å². The Balaban J connectivity index is 1.78. The number of ether oxygens (including phenoxy) is 1. The maximum Gasteiger partial charge on any atom is 0.109 e. The average molecular weight is 333 g/mol. The van der Waals surface area contributed by atoms with Crippen LogP contribution in [0.1, 0.15) is 22.8 Å². The number of aliphatic hydroxyl groups excluding tert-OH is 1. The van der Waals surface area contributed by atoms with Crippen LogP contribution in [0.2, 0.25) is 0 Å². The van der Waals surface area contributed by atoms with Crippen LogP contribution in [0.15, 0.2) is 53.0 Å². The molecule has 0 radical (unpaired) electrons. The summed E-state index contributed by atoms with van der Waals surface area (Å²) >= 11 is 3.42. The van der Waals surface area contributed by atoms with E-state index < -0.39 is 6.10 Å². The molecule has 2 nitrogen and oxygen atoms in total. The van der Waals surface area contributed by atoms with Gasteiger partial charge < -0.3 is 9.84 Å². The summed E-state index contributed by atoms with van der Waals surface area (Å²) < 4.78 is 6.85. The predicted molar refractivity (Wildman–Crippen MR) is 82.7 cm³/mol. The van der Waals surface area contributed by atoms with E-state index in [1.54, 1.807) is 0 Å². The summed E-state index contributed by atoms with van der Waals surface area (Å²) in [4.78, 5) is 0. The molecule has 1 aliphatic heterocycles. The zero-order valence-corrected chi connectivity index (χ0v) is 12.7. The van der Waals surface area contributed by atoms with Crippen LogP contribution in [-0.4, -0.2) is 17.8 Å². The van der Waals surface area contributed by atoms with Crippen molar-refractivity contribution in [3.8, 4) is 0 Å². The van der Waals surface area contributed by atoms with Crippen LogP contribution in [-0.2, 0) is 17.6 Å². The number of hydrogen-bond acceptors (Lipinski definition) is 2. The molecule has 1 N–H and O–H groups in total. The van der Waals surface area contributed by atoms with Crippen LogP contribution in [0.25, 0.3) is 0 Å². The fraction of sp³-hybridized carbons (Fsp3) is 0.294. The zero-order chi connectivity index (χ0) is 13.9. The van der Waals surface area contributed by atoms with Crippen molar-refractivity contribution in [3.63, 3.8) is 0 Å². The molecule has 0 spiro atoms. The quantitative estimate of drug-likeness (QED) is 0.929. The summed E-state index contributed by atoms with van der Waals surface area (Å²) in [5.74, 6) is 0. The molecule has 2 unspecified atom stereocenters. The lowest BCUT2D eigenvalue weighted by Crippen LogP contribution is -2.28. The number of halogens is 1. The van der Waals surface area contributed by atoms with Gasteiger partial charge in [0, 0.05) is 10.9 Å². The van der Waals surface area contributed by atoms with Gasteiger partial charge in [0.05, 0.1) is 12.7 Å². The molecule has 0 amide bonds. The summed E-state index contributed by atoms with van der Waals surface area (Å²) in [6.07, 6.45) is 0.797. The van der Waals surface area contributed by atoms with Gasteiger partial charge in [-0.3, -0.25) is 0 Å². The highest BCUT2D eigenvalue weighted by molar-refractivity contribution is 9.10. The molecular formula is C17H17BrO2. The minimum atomic E-state index is -0.516. The molecule has 0 saturated carbocycles. The van der Waals surface area contributed by atoms with Gasteiger partial charge in [0.15, 0.2) is 0 Å². The minimum Gasteiger partial charge on any atom is -0.390 e. The Bertz CT molecular complexity index is 580. The highest BCUT2D eigenvalue weighted by Crippen LogP contribution is 2.31. The summed E-state index contributed by atoms with van der Waals surface area (Å²) in [6, 6.07) is 16.3. The van der Waals surface area contributed by atoms with Gasteiger partial charge in [-0.15, -0.1) is 0 Å². The Hall–Kier alpha value is -1.16. The Morgan fingerprint density at radius 3 is 2.70 bits per heavy atom. The van der Waals surface area contributed by atoms with Crippen LogP contribution in [0.3, 0.4) is 0 Å². The number of aliphatic hydroxyl groups is 1. The van der Waals surface area contributed by atoms with Crippen molar-refractivity contribution >= 4 is 15.9 Å². The van der Waals surface area contributed by atoms with E-state index in [-0.39, 0.29) is 6.10 Å². The summed E-state index contributed by atoms with van der Waals surface area (Å²) in [7, 11) is 0. The van der Waals surface area contributed by atoms with Crippen molar-refractivity contribution in [1.82, 2.24) is 0 Å². The lowest BCUT2D eigenvalue weighted by Gasteiger charge is -2.29. The fourth-order valence-corrected chi connectivity index (χ4v) is 2.98. The lowest BCUT2D eigenvalue weighted by molar-refractivity contribution is -0.0460. The molecule has 2 aromatic rings. The molecule has 3 heteroatoms. The van der Waals surface area contributed by atoms with Gasteiger partial charge in [0.1, 0.15) is 6.10 Å². The third kappa shape index (κ3) is 2.95. The van der Waals surface area contributed by atoms with Crippen LogP contribution >= 0.6 is 15.9 Å². The summed E-state index contributed by atoms with van der Waals surface area (Å²) in [5, 5.41) is 10.5. The smallest absolute Gasteiger partial charge is 0.109 e. The zero-order valence-electron chi connectivity index (χ0n) is 11.1. The van der Waals surface area contributed by atoms with Gasteiger partial charge in [-0.25, -0.2) is 0 Å². The monoisotopic (exact) mass is 332 g/mol. The third-order valence-electron chi connectivity index (χ3n) is 3.74. The first-order valence-electron chi connectivity index (χ1n) is 6.86. The van der Waals surface area contributed by atoms with Gasteiger partial charge in [-0.2, -0.15) is 0 Å². The van der Waals surface area contributed by atoms with Gasteiger partial charge in [-0.1, -0.05) is 52.3 Å². The van der Waals surface area contributed by atoms with Crippen LogP contribution in [0.5, 0.6) is 0 Å². The van der Waals surface area contributed by atoms with E-state index in [9.17, 15) is 5.11 Å². The maximum atomic E-state index is 10.5. The van der Waals surface area contributed by atoms with Crippen LogP contribution < -0.4 is 0 Å². The molecule has 1 aliphatic rings.